The van der Waals surface area contributed by atoms with Crippen LogP contribution in [0.2, 0.25) is 0 Å². The fraction of sp³-hybridized carbons (Fsp3) is 0.600. The third kappa shape index (κ3) is 2.23. The van der Waals surface area contributed by atoms with Gasteiger partial charge in [-0.15, -0.1) is 0 Å². The Bertz CT molecular complexity index is 536. The van der Waals surface area contributed by atoms with Crippen molar-refractivity contribution in [1.29, 1.82) is 0 Å². The van der Waals surface area contributed by atoms with Crippen LogP contribution < -0.4 is 11.2 Å². The van der Waals surface area contributed by atoms with Crippen molar-refractivity contribution in [3.63, 3.8) is 0 Å². The van der Waals surface area contributed by atoms with Crippen molar-refractivity contribution in [1.82, 2.24) is 9.55 Å². The van der Waals surface area contributed by atoms with Gasteiger partial charge in [0.25, 0.3) is 5.56 Å². The summed E-state index contributed by atoms with van der Waals surface area (Å²) < 4.78 is 6.38. The lowest BCUT2D eigenvalue weighted by atomic mass is 10.2. The molecular weight excluding hydrogens is 244 g/mol. The van der Waals surface area contributed by atoms with Crippen LogP contribution in [-0.2, 0) is 11.3 Å². The first kappa shape index (κ1) is 13.0. The number of hydrogen-bond acceptors (Lipinski definition) is 6. The van der Waals surface area contributed by atoms with Crippen molar-refractivity contribution in [3.8, 4) is 0 Å². The molecule has 3 atom stereocenters. The summed E-state index contributed by atoms with van der Waals surface area (Å²) >= 11 is 0. The summed E-state index contributed by atoms with van der Waals surface area (Å²) in [6.45, 7) is -0.864. The molecule has 100 valence electrons. The van der Waals surface area contributed by atoms with E-state index in [1.165, 1.54) is 6.20 Å². The van der Waals surface area contributed by atoms with Gasteiger partial charge in [-0.3, -0.25) is 14.3 Å². The van der Waals surface area contributed by atoms with Crippen molar-refractivity contribution < 1.29 is 20.1 Å². The van der Waals surface area contributed by atoms with Gasteiger partial charge in [0.15, 0.2) is 0 Å². The second-order valence-corrected chi connectivity index (χ2v) is 4.09. The topological polar surface area (TPSA) is 125 Å². The van der Waals surface area contributed by atoms with E-state index in [2.05, 4.69) is 4.98 Å². The van der Waals surface area contributed by atoms with Gasteiger partial charge in [0.05, 0.1) is 24.9 Å². The fourth-order valence-corrected chi connectivity index (χ4v) is 1.90. The second kappa shape index (κ2) is 5.02. The van der Waals surface area contributed by atoms with E-state index in [1.54, 1.807) is 0 Å². The highest BCUT2D eigenvalue weighted by Gasteiger charge is 2.35. The third-order valence-corrected chi connectivity index (χ3v) is 2.91. The summed E-state index contributed by atoms with van der Waals surface area (Å²) in [6, 6.07) is 0. The molecule has 2 heterocycles. The molecule has 0 amide bonds. The molecule has 1 saturated heterocycles. The Hall–Kier alpha value is -1.48. The zero-order valence-corrected chi connectivity index (χ0v) is 9.44. The molecule has 0 saturated carbocycles. The number of aromatic amines is 1. The van der Waals surface area contributed by atoms with Crippen molar-refractivity contribution >= 4 is 0 Å². The van der Waals surface area contributed by atoms with E-state index in [9.17, 15) is 14.7 Å². The Balaban J connectivity index is 2.35. The number of ether oxygens (including phenoxy) is 1. The number of rotatable bonds is 3. The number of aliphatic hydroxyl groups is 3. The minimum Gasteiger partial charge on any atom is -0.394 e. The Labute approximate surface area is 101 Å². The van der Waals surface area contributed by atoms with Gasteiger partial charge in [0, 0.05) is 12.6 Å². The van der Waals surface area contributed by atoms with Crippen molar-refractivity contribution in [3.05, 3.63) is 32.6 Å². The number of nitrogens with one attached hydrogen (secondary N) is 1. The molecule has 1 fully saturated rings. The molecule has 1 aliphatic heterocycles. The van der Waals surface area contributed by atoms with Crippen molar-refractivity contribution in [2.75, 3.05) is 6.61 Å². The van der Waals surface area contributed by atoms with Gasteiger partial charge in [0.2, 0.25) is 0 Å². The Morgan fingerprint density at radius 2 is 2.17 bits per heavy atom. The van der Waals surface area contributed by atoms with E-state index in [0.29, 0.717) is 0 Å². The summed E-state index contributed by atoms with van der Waals surface area (Å²) in [7, 11) is 0. The fourth-order valence-electron chi connectivity index (χ4n) is 1.90. The number of nitrogens with zero attached hydrogens (tertiary/aromatic N) is 1. The highest BCUT2D eigenvalue weighted by Crippen LogP contribution is 2.27. The molecule has 18 heavy (non-hydrogen) atoms. The van der Waals surface area contributed by atoms with E-state index in [4.69, 9.17) is 14.9 Å². The lowest BCUT2D eigenvalue weighted by molar-refractivity contribution is -0.0460. The minimum atomic E-state index is -0.878. The highest BCUT2D eigenvalue weighted by atomic mass is 16.5. The van der Waals surface area contributed by atoms with Crippen molar-refractivity contribution in [2.45, 2.75) is 31.5 Å². The Kier molecular flexibility index (Phi) is 3.62. The van der Waals surface area contributed by atoms with Crippen molar-refractivity contribution in [2.24, 2.45) is 0 Å². The lowest BCUT2D eigenvalue weighted by Crippen LogP contribution is -2.34. The van der Waals surface area contributed by atoms with Crippen LogP contribution >= 0.6 is 0 Å². The van der Waals surface area contributed by atoms with Gasteiger partial charge in [-0.2, -0.15) is 0 Å². The zero-order chi connectivity index (χ0) is 13.3. The maximum Gasteiger partial charge on any atom is 0.330 e. The van der Waals surface area contributed by atoms with Gasteiger partial charge in [0.1, 0.15) is 12.3 Å². The molecule has 8 heteroatoms. The summed E-state index contributed by atoms with van der Waals surface area (Å²) in [5.41, 5.74) is -1.32. The summed E-state index contributed by atoms with van der Waals surface area (Å²) in [4.78, 5) is 24.9. The summed E-state index contributed by atoms with van der Waals surface area (Å²) in [5.74, 6) is 0. The molecule has 0 bridgehead atoms. The number of H-pyrrole nitrogens is 1. The first-order chi connectivity index (χ1) is 8.56. The molecule has 2 rings (SSSR count). The van der Waals surface area contributed by atoms with Crippen LogP contribution in [-0.4, -0.2) is 43.7 Å². The molecule has 8 nitrogen and oxygen atoms in total. The Morgan fingerprint density at radius 1 is 1.44 bits per heavy atom. The highest BCUT2D eigenvalue weighted by molar-refractivity contribution is 5.03. The maximum atomic E-state index is 11.6. The van der Waals surface area contributed by atoms with Crippen LogP contribution in [0.3, 0.4) is 0 Å². The first-order valence-corrected chi connectivity index (χ1v) is 5.46. The zero-order valence-electron chi connectivity index (χ0n) is 9.44. The summed E-state index contributed by atoms with van der Waals surface area (Å²) in [6.07, 6.45) is -1.09. The van der Waals surface area contributed by atoms with E-state index in [0.717, 1.165) is 4.57 Å². The molecule has 0 aromatic carbocycles. The largest absolute Gasteiger partial charge is 0.394 e. The molecular formula is C10H14N2O6. The van der Waals surface area contributed by atoms with E-state index in [-0.39, 0.29) is 18.6 Å². The van der Waals surface area contributed by atoms with Crippen LogP contribution in [0.25, 0.3) is 0 Å². The lowest BCUT2D eigenvalue weighted by Gasteiger charge is -2.14. The SMILES string of the molecule is O=c1[nH]c(=O)n(C2C[C@@H](O)[C@H](CO)O2)cc1CO. The number of aliphatic hydroxyl groups excluding tert-OH is 3. The monoisotopic (exact) mass is 258 g/mol. The van der Waals surface area contributed by atoms with Gasteiger partial charge < -0.3 is 20.1 Å². The number of aromatic nitrogens is 2. The van der Waals surface area contributed by atoms with Gasteiger partial charge >= 0.3 is 5.69 Å². The predicted molar refractivity (Wildman–Crippen MR) is 58.9 cm³/mol. The first-order valence-electron chi connectivity index (χ1n) is 5.46. The van der Waals surface area contributed by atoms with Crippen LogP contribution in [0.4, 0.5) is 0 Å². The number of hydrogen-bond donors (Lipinski definition) is 4. The standard InChI is InChI=1S/C10H14N2O6/c13-3-5-2-12(10(17)11-9(5)16)8-1-6(15)7(4-14)18-8/h2,6-8,13-15H,1,3-4H2,(H,11,16,17)/t6-,7+,8?/m1/s1. The second-order valence-electron chi connectivity index (χ2n) is 4.09. The molecule has 1 aromatic rings. The van der Waals surface area contributed by atoms with Crippen LogP contribution in [0.5, 0.6) is 0 Å². The van der Waals surface area contributed by atoms with Crippen LogP contribution in [0.15, 0.2) is 15.8 Å². The van der Waals surface area contributed by atoms with Crippen LogP contribution in [0, 0.1) is 0 Å². The molecule has 1 aromatic heterocycles. The molecule has 0 spiro atoms. The Morgan fingerprint density at radius 3 is 2.72 bits per heavy atom. The van der Waals surface area contributed by atoms with Gasteiger partial charge in [-0.05, 0) is 0 Å². The molecule has 1 unspecified atom stereocenters. The van der Waals surface area contributed by atoms with Crippen LogP contribution in [0.1, 0.15) is 18.2 Å². The smallest absolute Gasteiger partial charge is 0.330 e. The minimum absolute atomic E-state index is 0.0279. The molecule has 0 aliphatic carbocycles. The third-order valence-electron chi connectivity index (χ3n) is 2.91. The summed E-state index contributed by atoms with van der Waals surface area (Å²) in [5, 5.41) is 27.5. The van der Waals surface area contributed by atoms with Gasteiger partial charge in [-0.25, -0.2) is 4.79 Å². The molecule has 4 N–H and O–H groups in total. The van der Waals surface area contributed by atoms with E-state index >= 15 is 0 Å². The quantitative estimate of drug-likeness (QED) is 0.482. The molecule has 0 radical (unpaired) electrons. The van der Waals surface area contributed by atoms with Gasteiger partial charge in [-0.1, -0.05) is 0 Å². The predicted octanol–water partition coefficient (Wildman–Crippen LogP) is -2.33. The normalized spacial score (nSPS) is 27.6. The molecule has 1 aliphatic rings. The average molecular weight is 258 g/mol. The van der Waals surface area contributed by atoms with E-state index < -0.39 is 36.3 Å². The maximum absolute atomic E-state index is 11.6. The van der Waals surface area contributed by atoms with E-state index in [1.807, 2.05) is 0 Å². The average Bonchev–Trinajstić information content (AvgIpc) is 2.70.